The topological polar surface area (TPSA) is 55.4 Å². The molecular weight excluding hydrogens is 346 g/mol. The fourth-order valence-electron chi connectivity index (χ4n) is 2.50. The van der Waals surface area contributed by atoms with Gasteiger partial charge in [-0.25, -0.2) is 0 Å². The summed E-state index contributed by atoms with van der Waals surface area (Å²) in [4.78, 5) is 24.1. The molecule has 0 saturated carbocycles. The van der Waals surface area contributed by atoms with Crippen molar-refractivity contribution in [1.29, 1.82) is 0 Å². The van der Waals surface area contributed by atoms with Gasteiger partial charge in [-0.3, -0.25) is 9.59 Å². The Hall–Kier alpha value is -2.14. The molecule has 1 aliphatic heterocycles. The summed E-state index contributed by atoms with van der Waals surface area (Å²) in [5, 5.41) is 2.84. The minimum absolute atomic E-state index is 0.0991. The van der Waals surface area contributed by atoms with Crippen molar-refractivity contribution in [3.8, 4) is 0 Å². The van der Waals surface area contributed by atoms with Crippen LogP contribution in [0.2, 0.25) is 0 Å². The number of carbonyl (C=O) groups excluding carboxylic acids is 2. The van der Waals surface area contributed by atoms with Gasteiger partial charge in [-0.15, -0.1) is 0 Å². The van der Waals surface area contributed by atoms with Gasteiger partial charge in [0.1, 0.15) is 6.10 Å². The maximum Gasteiger partial charge on any atom is 0.307 e. The third-order valence-corrected chi connectivity index (χ3v) is 4.12. The highest BCUT2D eigenvalue weighted by Gasteiger charge is 2.40. The maximum absolute atomic E-state index is 12.5. The summed E-state index contributed by atoms with van der Waals surface area (Å²) in [6.45, 7) is 0. The van der Waals surface area contributed by atoms with E-state index in [0.717, 1.165) is 10.0 Å². The molecule has 2 atom stereocenters. The zero-order valence-electron chi connectivity index (χ0n) is 11.7. The minimum Gasteiger partial charge on any atom is -0.457 e. The van der Waals surface area contributed by atoms with Crippen LogP contribution >= 0.6 is 15.9 Å². The predicted molar refractivity (Wildman–Crippen MR) is 86.2 cm³/mol. The molecule has 0 unspecified atom stereocenters. The number of hydrogen-bond acceptors (Lipinski definition) is 3. The lowest BCUT2D eigenvalue weighted by molar-refractivity contribution is -0.141. The van der Waals surface area contributed by atoms with Crippen molar-refractivity contribution in [2.24, 2.45) is 5.92 Å². The first-order valence-corrected chi connectivity index (χ1v) is 7.73. The Bertz CT molecular complexity index is 685. The molecule has 3 rings (SSSR count). The Morgan fingerprint density at radius 3 is 2.45 bits per heavy atom. The number of nitrogens with one attached hydrogen (secondary N) is 1. The van der Waals surface area contributed by atoms with Crippen LogP contribution in [0.4, 0.5) is 5.69 Å². The van der Waals surface area contributed by atoms with E-state index in [4.69, 9.17) is 4.74 Å². The number of ether oxygens (including phenoxy) is 1. The lowest BCUT2D eigenvalue weighted by Gasteiger charge is -2.17. The van der Waals surface area contributed by atoms with Gasteiger partial charge in [0.25, 0.3) is 0 Å². The molecule has 0 radical (unpaired) electrons. The van der Waals surface area contributed by atoms with Crippen LogP contribution in [0.5, 0.6) is 0 Å². The van der Waals surface area contributed by atoms with Crippen LogP contribution < -0.4 is 5.32 Å². The van der Waals surface area contributed by atoms with Crippen molar-refractivity contribution in [2.45, 2.75) is 12.5 Å². The first-order chi connectivity index (χ1) is 10.6. The lowest BCUT2D eigenvalue weighted by Crippen LogP contribution is -2.25. The predicted octanol–water partition coefficient (Wildman–Crippen LogP) is 3.69. The molecule has 2 aromatic rings. The number of halogens is 1. The minimum atomic E-state index is -0.524. The molecule has 2 aromatic carbocycles. The van der Waals surface area contributed by atoms with E-state index in [1.165, 1.54) is 0 Å². The first kappa shape index (κ1) is 14.8. The number of anilines is 1. The third kappa shape index (κ3) is 3.20. The van der Waals surface area contributed by atoms with Crippen molar-refractivity contribution >= 4 is 33.5 Å². The van der Waals surface area contributed by atoms with Gasteiger partial charge < -0.3 is 10.1 Å². The summed E-state index contributed by atoms with van der Waals surface area (Å²) in [6, 6.07) is 16.6. The lowest BCUT2D eigenvalue weighted by atomic mass is 9.94. The van der Waals surface area contributed by atoms with Crippen molar-refractivity contribution in [2.75, 3.05) is 5.32 Å². The molecule has 0 aliphatic carbocycles. The van der Waals surface area contributed by atoms with Crippen molar-refractivity contribution in [3.63, 3.8) is 0 Å². The standard InChI is InChI=1S/C17H14BrNO3/c18-12-6-8-13(9-7-12)19-17(21)14-10-15(20)22-16(14)11-4-2-1-3-5-11/h1-9,14,16H,10H2,(H,19,21)/t14-,16+/m1/s1. The van der Waals surface area contributed by atoms with Gasteiger partial charge in [0, 0.05) is 10.2 Å². The van der Waals surface area contributed by atoms with Gasteiger partial charge in [-0.2, -0.15) is 0 Å². The molecule has 1 fully saturated rings. The number of hydrogen-bond donors (Lipinski definition) is 1. The Labute approximate surface area is 136 Å². The normalized spacial score (nSPS) is 20.5. The number of benzene rings is 2. The number of amides is 1. The highest BCUT2D eigenvalue weighted by molar-refractivity contribution is 9.10. The SMILES string of the molecule is O=C1C[C@@H](C(=O)Nc2ccc(Br)cc2)[C@H](c2ccccc2)O1. The third-order valence-electron chi connectivity index (χ3n) is 3.59. The van der Waals surface area contributed by atoms with E-state index < -0.39 is 12.0 Å². The Balaban J connectivity index is 1.78. The molecule has 4 nitrogen and oxygen atoms in total. The number of carbonyl (C=O) groups is 2. The van der Waals surface area contributed by atoms with Crippen LogP contribution in [0.1, 0.15) is 18.1 Å². The van der Waals surface area contributed by atoms with E-state index in [0.29, 0.717) is 5.69 Å². The van der Waals surface area contributed by atoms with Crippen molar-refractivity contribution < 1.29 is 14.3 Å². The Kier molecular flexibility index (Phi) is 4.24. The molecule has 1 amide bonds. The molecule has 1 N–H and O–H groups in total. The number of cyclic esters (lactones) is 1. The first-order valence-electron chi connectivity index (χ1n) is 6.94. The molecule has 5 heteroatoms. The molecular formula is C17H14BrNO3. The second-order valence-corrected chi connectivity index (χ2v) is 6.04. The maximum atomic E-state index is 12.5. The molecule has 22 heavy (non-hydrogen) atoms. The van der Waals surface area contributed by atoms with Gasteiger partial charge in [0.2, 0.25) is 5.91 Å². The van der Waals surface area contributed by atoms with Gasteiger partial charge in [0.15, 0.2) is 0 Å². The van der Waals surface area contributed by atoms with Crippen LogP contribution in [-0.4, -0.2) is 11.9 Å². The molecule has 112 valence electrons. The highest BCUT2D eigenvalue weighted by Crippen LogP contribution is 2.36. The fourth-order valence-corrected chi connectivity index (χ4v) is 2.76. The van der Waals surface area contributed by atoms with Crippen LogP contribution in [0, 0.1) is 5.92 Å². The average molecular weight is 360 g/mol. The summed E-state index contributed by atoms with van der Waals surface area (Å²) < 4.78 is 6.27. The number of rotatable bonds is 3. The van der Waals surface area contributed by atoms with E-state index in [9.17, 15) is 9.59 Å². The highest BCUT2D eigenvalue weighted by atomic mass is 79.9. The van der Waals surface area contributed by atoms with Crippen molar-refractivity contribution in [3.05, 3.63) is 64.6 Å². The van der Waals surface area contributed by atoms with E-state index in [1.807, 2.05) is 42.5 Å². The fraction of sp³-hybridized carbons (Fsp3) is 0.176. The average Bonchev–Trinajstić information content (AvgIpc) is 2.92. The van der Waals surface area contributed by atoms with E-state index in [2.05, 4.69) is 21.2 Å². The second kappa shape index (κ2) is 6.32. The summed E-state index contributed by atoms with van der Waals surface area (Å²) in [5.74, 6) is -1.06. The van der Waals surface area contributed by atoms with Gasteiger partial charge in [-0.1, -0.05) is 46.3 Å². The summed E-state index contributed by atoms with van der Waals surface area (Å²) in [7, 11) is 0. The molecule has 1 heterocycles. The Morgan fingerprint density at radius 2 is 1.77 bits per heavy atom. The zero-order valence-corrected chi connectivity index (χ0v) is 13.2. The summed E-state index contributed by atoms with van der Waals surface area (Å²) in [6.07, 6.45) is -0.425. The van der Waals surface area contributed by atoms with Crippen LogP contribution in [0.25, 0.3) is 0 Å². The van der Waals surface area contributed by atoms with Gasteiger partial charge in [0.05, 0.1) is 12.3 Å². The quantitative estimate of drug-likeness (QED) is 0.850. The van der Waals surface area contributed by atoms with E-state index in [1.54, 1.807) is 12.1 Å². The molecule has 0 bridgehead atoms. The van der Waals surface area contributed by atoms with E-state index >= 15 is 0 Å². The van der Waals surface area contributed by atoms with Crippen LogP contribution in [0.15, 0.2) is 59.1 Å². The molecule has 0 aromatic heterocycles. The van der Waals surface area contributed by atoms with E-state index in [-0.39, 0.29) is 18.3 Å². The Morgan fingerprint density at radius 1 is 1.09 bits per heavy atom. The molecule has 0 spiro atoms. The van der Waals surface area contributed by atoms with Crippen LogP contribution in [-0.2, 0) is 14.3 Å². The smallest absolute Gasteiger partial charge is 0.307 e. The summed E-state index contributed by atoms with van der Waals surface area (Å²) >= 11 is 3.35. The molecule has 1 aliphatic rings. The zero-order chi connectivity index (χ0) is 15.5. The van der Waals surface area contributed by atoms with Gasteiger partial charge in [-0.05, 0) is 29.8 Å². The summed E-state index contributed by atoms with van der Waals surface area (Å²) in [5.41, 5.74) is 1.53. The number of esters is 1. The largest absolute Gasteiger partial charge is 0.457 e. The second-order valence-electron chi connectivity index (χ2n) is 5.13. The van der Waals surface area contributed by atoms with Crippen molar-refractivity contribution in [1.82, 2.24) is 0 Å². The van der Waals surface area contributed by atoms with Gasteiger partial charge >= 0.3 is 5.97 Å². The van der Waals surface area contributed by atoms with Crippen LogP contribution in [0.3, 0.4) is 0 Å². The molecule has 1 saturated heterocycles. The monoisotopic (exact) mass is 359 g/mol.